The molecule has 0 aromatic heterocycles. The Morgan fingerprint density at radius 2 is 1.25 bits per heavy atom. The summed E-state index contributed by atoms with van der Waals surface area (Å²) in [5.74, 6) is 0. The molecule has 4 heavy (non-hydrogen) atoms. The molecule has 0 saturated heterocycles. The van der Waals surface area contributed by atoms with E-state index in [-0.39, 0.29) is 29.6 Å². The first kappa shape index (κ1) is 9.33. The van der Waals surface area contributed by atoms with Crippen LogP contribution in [0.3, 0.4) is 0 Å². The van der Waals surface area contributed by atoms with Crippen molar-refractivity contribution in [3.63, 3.8) is 0 Å². The first-order valence-corrected chi connectivity index (χ1v) is 1.60. The Morgan fingerprint density at radius 3 is 1.25 bits per heavy atom. The normalized spacial score (nSPS) is 4.50. The molecule has 0 heterocycles. The average molecular weight is 199 g/mol. The summed E-state index contributed by atoms with van der Waals surface area (Å²) in [6.07, 6.45) is 0. The first-order chi connectivity index (χ1) is 1.41. The molecule has 0 saturated carbocycles. The molecule has 4 heteroatoms. The molecule has 0 aliphatic heterocycles. The smallest absolute Gasteiger partial charge is 0.115 e. The maximum Gasteiger partial charge on any atom is 0.115 e. The second-order valence-corrected chi connectivity index (χ2v) is 1.57. The fourth-order valence-electron chi connectivity index (χ4n) is 0. The van der Waals surface area contributed by atoms with E-state index >= 15 is 0 Å². The molecule has 0 spiro atoms. The Morgan fingerprint density at radius 1 is 1.25 bits per heavy atom. The second kappa shape index (κ2) is 8.87. The molecular weight excluding hydrogens is 199 g/mol. The summed E-state index contributed by atoms with van der Waals surface area (Å²) in [6.45, 7) is 0. The molecule has 1 nitrogen and oxygen atoms in total. The summed E-state index contributed by atoms with van der Waals surface area (Å²) in [5, 5.41) is 0. The average Bonchev–Trinajstić information content (AvgIpc) is 0.918. The summed E-state index contributed by atoms with van der Waals surface area (Å²) in [7, 11) is 0. The SMILES string of the molecule is BrOBr.[Na]. The van der Waals surface area contributed by atoms with Crippen LogP contribution in [0.15, 0.2) is 0 Å². The maximum absolute atomic E-state index is 3.88. The Balaban J connectivity index is 0. The van der Waals surface area contributed by atoms with Crippen molar-refractivity contribution in [1.82, 2.24) is 0 Å². The minimum atomic E-state index is 0. The molecule has 1 radical (unpaired) electrons. The molecule has 0 N–H and O–H groups in total. The van der Waals surface area contributed by atoms with Crippen molar-refractivity contribution in [2.75, 3.05) is 0 Å². The van der Waals surface area contributed by atoms with Crippen LogP contribution in [-0.4, -0.2) is 29.6 Å². The van der Waals surface area contributed by atoms with E-state index in [9.17, 15) is 0 Å². The van der Waals surface area contributed by atoms with Gasteiger partial charge >= 0.3 is 0 Å². The van der Waals surface area contributed by atoms with E-state index in [1.165, 1.54) is 0 Å². The van der Waals surface area contributed by atoms with Crippen molar-refractivity contribution in [3.8, 4) is 0 Å². The van der Waals surface area contributed by atoms with Gasteiger partial charge in [0, 0.05) is 29.6 Å². The van der Waals surface area contributed by atoms with Crippen molar-refractivity contribution in [2.24, 2.45) is 0 Å². The van der Waals surface area contributed by atoms with Crippen LogP contribution in [-0.2, 0) is 2.92 Å². The van der Waals surface area contributed by atoms with E-state index < -0.39 is 0 Å². The third-order valence-electron chi connectivity index (χ3n) is 0. The van der Waals surface area contributed by atoms with E-state index in [0.29, 0.717) is 0 Å². The fraction of sp³-hybridized carbons (Fsp3) is 0. The topological polar surface area (TPSA) is 9.23 Å². The first-order valence-electron chi connectivity index (χ1n) is 0.309. The fourth-order valence-corrected chi connectivity index (χ4v) is 0. The molecule has 0 unspecified atom stereocenters. The molecule has 0 bridgehead atoms. The van der Waals surface area contributed by atoms with Gasteiger partial charge in [-0.25, -0.2) is 2.92 Å². The molecule has 0 atom stereocenters. The Labute approximate surface area is 64.3 Å². The van der Waals surface area contributed by atoms with Crippen LogP contribution >= 0.6 is 32.5 Å². The summed E-state index contributed by atoms with van der Waals surface area (Å²) in [4.78, 5) is 0. The zero-order chi connectivity index (χ0) is 2.71. The van der Waals surface area contributed by atoms with Crippen LogP contribution in [0.25, 0.3) is 0 Å². The van der Waals surface area contributed by atoms with E-state index in [0.717, 1.165) is 0 Å². The number of rotatable bonds is 0. The Hall–Kier alpha value is 1.92. The third kappa shape index (κ3) is 9.07. The van der Waals surface area contributed by atoms with E-state index in [1.54, 1.807) is 0 Å². The van der Waals surface area contributed by atoms with Crippen molar-refractivity contribution in [3.05, 3.63) is 0 Å². The van der Waals surface area contributed by atoms with Crippen molar-refractivity contribution >= 4 is 62.1 Å². The molecule has 0 fully saturated rings. The van der Waals surface area contributed by atoms with Gasteiger partial charge in [-0.3, -0.25) is 0 Å². The third-order valence-corrected chi connectivity index (χ3v) is 0. The van der Waals surface area contributed by atoms with Gasteiger partial charge in [0.05, 0.1) is 0 Å². The number of hydrogen-bond acceptors (Lipinski definition) is 1. The summed E-state index contributed by atoms with van der Waals surface area (Å²) in [6, 6.07) is 0. The summed E-state index contributed by atoms with van der Waals surface area (Å²) >= 11 is 5.12. The quantitative estimate of drug-likeness (QED) is 0.533. The molecule has 0 aliphatic carbocycles. The predicted molar refractivity (Wildman–Crippen MR) is 24.7 cm³/mol. The minimum Gasteiger partial charge on any atom is -0.230 e. The summed E-state index contributed by atoms with van der Waals surface area (Å²) in [5.41, 5.74) is 0. The number of hydrogen-bond donors (Lipinski definition) is 0. The van der Waals surface area contributed by atoms with Gasteiger partial charge in [0.25, 0.3) is 0 Å². The van der Waals surface area contributed by atoms with E-state index in [1.807, 2.05) is 0 Å². The van der Waals surface area contributed by atoms with Gasteiger partial charge in [0.1, 0.15) is 32.5 Å². The Kier molecular flexibility index (Phi) is 20.7. The van der Waals surface area contributed by atoms with Crippen LogP contribution in [0, 0.1) is 0 Å². The van der Waals surface area contributed by atoms with Gasteiger partial charge in [-0.05, 0) is 0 Å². The molecule has 0 aromatic rings. The molecule has 0 rings (SSSR count). The zero-order valence-electron chi connectivity index (χ0n) is 2.16. The van der Waals surface area contributed by atoms with Crippen LogP contribution in [0.5, 0.6) is 0 Å². The van der Waals surface area contributed by atoms with Gasteiger partial charge in [0.15, 0.2) is 0 Å². The monoisotopic (exact) mass is 197 g/mol. The predicted octanol–water partition coefficient (Wildman–Crippen LogP) is 1.24. The van der Waals surface area contributed by atoms with Crippen LogP contribution < -0.4 is 0 Å². The van der Waals surface area contributed by atoms with Gasteiger partial charge in [-0.15, -0.1) is 0 Å². The molecular formula is Br2NaO. The standard InChI is InChI=1S/Br2O.Na/c1-3-2;. The molecule has 21 valence electrons. The largest absolute Gasteiger partial charge is 0.230 e. The number of halogens is 2. The molecule has 0 aliphatic rings. The minimum absolute atomic E-state index is 0. The second-order valence-electron chi connectivity index (χ2n) is 0.0583. The van der Waals surface area contributed by atoms with Crippen molar-refractivity contribution < 1.29 is 2.92 Å². The summed E-state index contributed by atoms with van der Waals surface area (Å²) < 4.78 is 3.88. The zero-order valence-corrected chi connectivity index (χ0v) is 7.34. The molecule has 0 amide bonds. The van der Waals surface area contributed by atoms with E-state index in [4.69, 9.17) is 0 Å². The van der Waals surface area contributed by atoms with Crippen molar-refractivity contribution in [1.29, 1.82) is 0 Å². The maximum atomic E-state index is 3.88. The van der Waals surface area contributed by atoms with E-state index in [2.05, 4.69) is 35.4 Å². The Bertz CT molecular complexity index is 6.00. The van der Waals surface area contributed by atoms with Crippen LogP contribution in [0.2, 0.25) is 0 Å². The van der Waals surface area contributed by atoms with Gasteiger partial charge in [-0.2, -0.15) is 0 Å². The van der Waals surface area contributed by atoms with Gasteiger partial charge in [-0.1, -0.05) is 0 Å². The van der Waals surface area contributed by atoms with Crippen LogP contribution in [0.1, 0.15) is 0 Å². The van der Waals surface area contributed by atoms with Gasteiger partial charge in [0.2, 0.25) is 0 Å². The van der Waals surface area contributed by atoms with Gasteiger partial charge < -0.3 is 0 Å². The van der Waals surface area contributed by atoms with Crippen LogP contribution in [0.4, 0.5) is 0 Å². The van der Waals surface area contributed by atoms with Crippen molar-refractivity contribution in [2.45, 2.75) is 0 Å². The molecule has 0 aromatic carbocycles.